The van der Waals surface area contributed by atoms with Crippen LogP contribution in [-0.2, 0) is 6.61 Å². The quantitative estimate of drug-likeness (QED) is 0.506. The van der Waals surface area contributed by atoms with Gasteiger partial charge in [-0.1, -0.05) is 6.07 Å². The average Bonchev–Trinajstić information content (AvgIpc) is 3.38. The van der Waals surface area contributed by atoms with Gasteiger partial charge in [-0.15, -0.1) is 11.3 Å². The molecule has 0 aliphatic heterocycles. The maximum absolute atomic E-state index is 13.0. The average molecular weight is 408 g/mol. The molecule has 0 fully saturated rings. The third-order valence-corrected chi connectivity index (χ3v) is 5.26. The summed E-state index contributed by atoms with van der Waals surface area (Å²) in [6, 6.07) is 13.3. The largest absolute Gasteiger partial charge is 0.486 e. The first kappa shape index (κ1) is 18.8. The number of hydrogen-bond donors (Lipinski definition) is 1. The van der Waals surface area contributed by atoms with Crippen molar-refractivity contribution in [2.75, 3.05) is 5.32 Å². The van der Waals surface area contributed by atoms with E-state index < -0.39 is 0 Å². The number of amides is 1. The lowest BCUT2D eigenvalue weighted by atomic mass is 10.2. The molecular weight excluding hydrogens is 391 g/mol. The summed E-state index contributed by atoms with van der Waals surface area (Å²) in [6.07, 6.45) is 5.23. The van der Waals surface area contributed by atoms with Gasteiger partial charge in [0, 0.05) is 23.8 Å². The van der Waals surface area contributed by atoms with Gasteiger partial charge < -0.3 is 14.6 Å². The Bertz CT molecular complexity index is 1120. The highest BCUT2D eigenvalue weighted by Crippen LogP contribution is 2.22. The molecule has 29 heavy (non-hydrogen) atoms. The molecule has 0 saturated heterocycles. The first-order valence-corrected chi connectivity index (χ1v) is 9.64. The van der Waals surface area contributed by atoms with Gasteiger partial charge in [0.25, 0.3) is 5.91 Å². The minimum absolute atomic E-state index is 0.209. The maximum atomic E-state index is 13.0. The Hall–Kier alpha value is -3.52. The molecule has 4 aromatic rings. The fourth-order valence-electron chi connectivity index (χ4n) is 2.74. The molecule has 0 bridgehead atoms. The fraction of sp³-hybridized carbons (Fsp3) is 0.0952. The standard InChI is InChI=1S/C21H17FN4O2S/c1-14-20(29-19(24-14)12-28-18-7-5-15(22)6-8-18)21(27)25-16-3-2-4-17(11-16)26-10-9-23-13-26/h2-11,13H,12H2,1H3,(H,25,27). The van der Waals surface area contributed by atoms with Crippen LogP contribution in [0.1, 0.15) is 20.4 Å². The Morgan fingerprint density at radius 3 is 2.83 bits per heavy atom. The van der Waals surface area contributed by atoms with Crippen molar-refractivity contribution in [3.05, 3.63) is 88.6 Å². The summed E-state index contributed by atoms with van der Waals surface area (Å²) < 4.78 is 20.4. The van der Waals surface area contributed by atoms with Crippen LogP contribution in [-0.4, -0.2) is 20.4 Å². The van der Waals surface area contributed by atoms with Crippen LogP contribution in [0.15, 0.2) is 67.3 Å². The van der Waals surface area contributed by atoms with E-state index in [4.69, 9.17) is 4.74 Å². The van der Waals surface area contributed by atoms with Crippen molar-refractivity contribution in [3.8, 4) is 11.4 Å². The number of benzene rings is 2. The molecule has 0 spiro atoms. The predicted molar refractivity (Wildman–Crippen MR) is 109 cm³/mol. The van der Waals surface area contributed by atoms with Crippen LogP contribution in [0.3, 0.4) is 0 Å². The molecule has 4 rings (SSSR count). The molecule has 0 atom stereocenters. The van der Waals surface area contributed by atoms with Crippen molar-refractivity contribution in [1.82, 2.24) is 14.5 Å². The molecule has 0 aliphatic rings. The number of hydrogen-bond acceptors (Lipinski definition) is 5. The van der Waals surface area contributed by atoms with Crippen LogP contribution in [0.2, 0.25) is 0 Å². The third-order valence-electron chi connectivity index (χ3n) is 4.13. The summed E-state index contributed by atoms with van der Waals surface area (Å²) in [4.78, 5) is 21.7. The van der Waals surface area contributed by atoms with Gasteiger partial charge in [-0.3, -0.25) is 4.79 Å². The Labute approximate surface area is 170 Å². The minimum atomic E-state index is -0.321. The minimum Gasteiger partial charge on any atom is -0.486 e. The van der Waals surface area contributed by atoms with E-state index in [-0.39, 0.29) is 18.3 Å². The van der Waals surface area contributed by atoms with Crippen LogP contribution in [0.25, 0.3) is 5.69 Å². The van der Waals surface area contributed by atoms with E-state index in [9.17, 15) is 9.18 Å². The molecule has 146 valence electrons. The number of thiazole rings is 1. The van der Waals surface area contributed by atoms with E-state index in [1.54, 1.807) is 31.6 Å². The van der Waals surface area contributed by atoms with Crippen molar-refractivity contribution in [2.24, 2.45) is 0 Å². The number of carbonyl (C=O) groups is 1. The lowest BCUT2D eigenvalue weighted by Crippen LogP contribution is -2.11. The van der Waals surface area contributed by atoms with Gasteiger partial charge in [-0.2, -0.15) is 0 Å². The van der Waals surface area contributed by atoms with Crippen molar-refractivity contribution in [3.63, 3.8) is 0 Å². The summed E-state index contributed by atoms with van der Waals surface area (Å²) in [5.74, 6) is -0.00380. The number of anilines is 1. The molecule has 8 heteroatoms. The molecule has 2 aromatic heterocycles. The van der Waals surface area contributed by atoms with Gasteiger partial charge >= 0.3 is 0 Å². The van der Waals surface area contributed by atoms with Crippen molar-refractivity contribution in [1.29, 1.82) is 0 Å². The zero-order valence-corrected chi connectivity index (χ0v) is 16.3. The Morgan fingerprint density at radius 2 is 2.07 bits per heavy atom. The van der Waals surface area contributed by atoms with E-state index >= 15 is 0 Å². The first-order chi connectivity index (χ1) is 14.1. The van der Waals surface area contributed by atoms with Gasteiger partial charge in [-0.25, -0.2) is 14.4 Å². The zero-order chi connectivity index (χ0) is 20.2. The zero-order valence-electron chi connectivity index (χ0n) is 15.5. The summed E-state index contributed by atoms with van der Waals surface area (Å²) in [5.41, 5.74) is 2.21. The summed E-state index contributed by atoms with van der Waals surface area (Å²) in [5, 5.41) is 3.58. The van der Waals surface area contributed by atoms with Gasteiger partial charge in [0.1, 0.15) is 28.1 Å². The Balaban J connectivity index is 1.44. The second kappa shape index (κ2) is 8.24. The lowest BCUT2D eigenvalue weighted by Gasteiger charge is -2.07. The van der Waals surface area contributed by atoms with E-state index in [0.29, 0.717) is 27.0 Å². The van der Waals surface area contributed by atoms with Gasteiger partial charge in [-0.05, 0) is 49.4 Å². The number of nitrogens with one attached hydrogen (secondary N) is 1. The summed E-state index contributed by atoms with van der Waals surface area (Å²) in [6.45, 7) is 2.00. The van der Waals surface area contributed by atoms with Gasteiger partial charge in [0.15, 0.2) is 0 Å². The van der Waals surface area contributed by atoms with Crippen LogP contribution in [0, 0.1) is 12.7 Å². The van der Waals surface area contributed by atoms with Crippen LogP contribution < -0.4 is 10.1 Å². The predicted octanol–water partition coefficient (Wildman–Crippen LogP) is 4.61. The SMILES string of the molecule is Cc1nc(COc2ccc(F)cc2)sc1C(=O)Nc1cccc(-n2ccnc2)c1. The van der Waals surface area contributed by atoms with Crippen LogP contribution in [0.4, 0.5) is 10.1 Å². The Kier molecular flexibility index (Phi) is 5.35. The molecule has 2 aromatic carbocycles. The molecular formula is C21H17FN4O2S. The third kappa shape index (κ3) is 4.49. The topological polar surface area (TPSA) is 69.0 Å². The van der Waals surface area contributed by atoms with Gasteiger partial charge in [0.05, 0.1) is 12.0 Å². The van der Waals surface area contributed by atoms with Crippen molar-refractivity contribution in [2.45, 2.75) is 13.5 Å². The highest BCUT2D eigenvalue weighted by atomic mass is 32.1. The van der Waals surface area contributed by atoms with Crippen molar-refractivity contribution < 1.29 is 13.9 Å². The smallest absolute Gasteiger partial charge is 0.267 e. The highest BCUT2D eigenvalue weighted by Gasteiger charge is 2.16. The molecule has 1 amide bonds. The van der Waals surface area contributed by atoms with Gasteiger partial charge in [0.2, 0.25) is 0 Å². The van der Waals surface area contributed by atoms with E-state index in [2.05, 4.69) is 15.3 Å². The highest BCUT2D eigenvalue weighted by molar-refractivity contribution is 7.13. The fourth-order valence-corrected chi connectivity index (χ4v) is 3.62. The number of aromatic nitrogens is 3. The normalized spacial score (nSPS) is 10.7. The second-order valence-electron chi connectivity index (χ2n) is 6.24. The first-order valence-electron chi connectivity index (χ1n) is 8.83. The molecule has 0 saturated carbocycles. The number of halogens is 1. The van der Waals surface area contributed by atoms with Crippen LogP contribution >= 0.6 is 11.3 Å². The number of carbonyl (C=O) groups excluding carboxylic acids is 1. The molecule has 1 N–H and O–H groups in total. The van der Waals surface area contributed by atoms with E-state index in [1.807, 2.05) is 35.0 Å². The number of rotatable bonds is 6. The lowest BCUT2D eigenvalue weighted by molar-refractivity contribution is 0.103. The number of nitrogens with zero attached hydrogens (tertiary/aromatic N) is 3. The number of aryl methyl sites for hydroxylation is 1. The van der Waals surface area contributed by atoms with E-state index in [0.717, 1.165) is 5.69 Å². The Morgan fingerprint density at radius 1 is 1.24 bits per heavy atom. The summed E-state index contributed by atoms with van der Waals surface area (Å²) >= 11 is 1.27. The molecule has 2 heterocycles. The molecule has 0 aliphatic carbocycles. The van der Waals surface area contributed by atoms with Crippen LogP contribution in [0.5, 0.6) is 5.75 Å². The summed E-state index contributed by atoms with van der Waals surface area (Å²) in [7, 11) is 0. The number of ether oxygens (including phenoxy) is 1. The van der Waals surface area contributed by atoms with Crippen molar-refractivity contribution >= 4 is 22.9 Å². The van der Waals surface area contributed by atoms with E-state index in [1.165, 1.54) is 23.5 Å². The molecule has 6 nitrogen and oxygen atoms in total. The monoisotopic (exact) mass is 408 g/mol. The maximum Gasteiger partial charge on any atom is 0.267 e. The second-order valence-corrected chi connectivity index (χ2v) is 7.32. The molecule has 0 unspecified atom stereocenters. The number of imidazole rings is 1. The molecule has 0 radical (unpaired) electrons.